The van der Waals surface area contributed by atoms with E-state index >= 15 is 0 Å². The van der Waals surface area contributed by atoms with Crippen molar-refractivity contribution in [3.05, 3.63) is 64.7 Å². The van der Waals surface area contributed by atoms with Crippen LogP contribution in [0.3, 0.4) is 0 Å². The molecule has 152 valence electrons. The molecule has 1 heterocycles. The zero-order chi connectivity index (χ0) is 21.0. The van der Waals surface area contributed by atoms with Gasteiger partial charge in [0.2, 0.25) is 10.0 Å². The first kappa shape index (κ1) is 20.9. The molecule has 6 nitrogen and oxygen atoms in total. The van der Waals surface area contributed by atoms with E-state index in [0.717, 1.165) is 24.7 Å². The Hall–Kier alpha value is -2.85. The van der Waals surface area contributed by atoms with Crippen molar-refractivity contribution in [3.63, 3.8) is 0 Å². The van der Waals surface area contributed by atoms with Gasteiger partial charge in [-0.15, -0.1) is 0 Å². The molecule has 0 aliphatic carbocycles. The minimum absolute atomic E-state index is 0.0810. The molecule has 29 heavy (non-hydrogen) atoms. The Balaban J connectivity index is 1.70. The molecule has 1 aliphatic heterocycles. The van der Waals surface area contributed by atoms with Crippen LogP contribution < -0.4 is 4.72 Å². The fourth-order valence-corrected chi connectivity index (χ4v) is 4.33. The van der Waals surface area contributed by atoms with Crippen LogP contribution in [0.25, 0.3) is 0 Å². The number of amides is 1. The summed E-state index contributed by atoms with van der Waals surface area (Å²) in [4.78, 5) is 14.8. The summed E-state index contributed by atoms with van der Waals surface area (Å²) >= 11 is 0. The van der Waals surface area contributed by atoms with Gasteiger partial charge in [0.05, 0.1) is 23.6 Å². The molecule has 2 aromatic rings. The molecule has 1 amide bonds. The highest BCUT2D eigenvalue weighted by molar-refractivity contribution is 7.92. The second kappa shape index (κ2) is 8.66. The lowest BCUT2D eigenvalue weighted by Gasteiger charge is -2.32. The van der Waals surface area contributed by atoms with Gasteiger partial charge in [0, 0.05) is 18.7 Å². The highest BCUT2D eigenvalue weighted by Crippen LogP contribution is 2.29. The summed E-state index contributed by atoms with van der Waals surface area (Å²) in [5.41, 5.74) is 3.66. The van der Waals surface area contributed by atoms with E-state index in [2.05, 4.69) is 10.8 Å². The van der Waals surface area contributed by atoms with Gasteiger partial charge in [-0.1, -0.05) is 25.1 Å². The third-order valence-corrected chi connectivity index (χ3v) is 5.92. The largest absolute Gasteiger partial charge is 0.339 e. The minimum Gasteiger partial charge on any atom is -0.339 e. The van der Waals surface area contributed by atoms with Crippen LogP contribution >= 0.6 is 0 Å². The van der Waals surface area contributed by atoms with Crippen LogP contribution in [0.1, 0.15) is 52.7 Å². The average molecular weight is 412 g/mol. The van der Waals surface area contributed by atoms with Gasteiger partial charge in [0.25, 0.3) is 5.91 Å². The van der Waals surface area contributed by atoms with Crippen molar-refractivity contribution in [2.24, 2.45) is 0 Å². The maximum absolute atomic E-state index is 13.0. The van der Waals surface area contributed by atoms with E-state index in [0.29, 0.717) is 42.2 Å². The van der Waals surface area contributed by atoms with Gasteiger partial charge in [-0.3, -0.25) is 9.52 Å². The number of nitrogens with zero attached hydrogens (tertiary/aromatic N) is 2. The number of nitrogens with one attached hydrogen (secondary N) is 1. The minimum atomic E-state index is -3.42. The zero-order valence-electron chi connectivity index (χ0n) is 16.7. The van der Waals surface area contributed by atoms with Crippen LogP contribution in [-0.4, -0.2) is 38.6 Å². The molecular weight excluding hydrogens is 386 g/mol. The first-order chi connectivity index (χ1) is 13.8. The molecule has 1 aliphatic rings. The number of hydrogen-bond acceptors (Lipinski definition) is 4. The number of carbonyl (C=O) groups excluding carboxylic acids is 1. The smallest absolute Gasteiger partial charge is 0.253 e. The molecule has 0 unspecified atom stereocenters. The Morgan fingerprint density at radius 1 is 1.17 bits per heavy atom. The van der Waals surface area contributed by atoms with Gasteiger partial charge < -0.3 is 4.90 Å². The number of anilines is 1. The maximum atomic E-state index is 13.0. The normalized spacial score (nSPS) is 15.0. The van der Waals surface area contributed by atoms with Gasteiger partial charge in [0.1, 0.15) is 0 Å². The number of hydrogen-bond donors (Lipinski definition) is 1. The van der Waals surface area contributed by atoms with Gasteiger partial charge in [-0.25, -0.2) is 8.42 Å². The SMILES string of the molecule is CCc1ccc(C(=O)N2CCC(c3ccc(C#N)cc3)CC2)cc1NS(C)(=O)=O. The Kier molecular flexibility index (Phi) is 6.23. The average Bonchev–Trinajstić information content (AvgIpc) is 2.72. The van der Waals surface area contributed by atoms with Crippen molar-refractivity contribution in [1.82, 2.24) is 4.90 Å². The summed E-state index contributed by atoms with van der Waals surface area (Å²) in [6.45, 7) is 3.24. The maximum Gasteiger partial charge on any atom is 0.253 e. The van der Waals surface area contributed by atoms with Gasteiger partial charge >= 0.3 is 0 Å². The van der Waals surface area contributed by atoms with E-state index in [9.17, 15) is 13.2 Å². The number of piperidine rings is 1. The number of aryl methyl sites for hydroxylation is 1. The van der Waals surface area contributed by atoms with E-state index in [1.54, 1.807) is 12.1 Å². The topological polar surface area (TPSA) is 90.3 Å². The molecule has 1 N–H and O–H groups in total. The number of benzene rings is 2. The highest BCUT2D eigenvalue weighted by Gasteiger charge is 2.25. The van der Waals surface area contributed by atoms with E-state index in [1.165, 1.54) is 5.56 Å². The molecule has 0 aromatic heterocycles. The molecule has 0 bridgehead atoms. The Labute approximate surface area is 172 Å². The van der Waals surface area contributed by atoms with Crippen molar-refractivity contribution in [3.8, 4) is 6.07 Å². The summed E-state index contributed by atoms with van der Waals surface area (Å²) in [6.07, 6.45) is 3.50. The molecule has 7 heteroatoms. The summed E-state index contributed by atoms with van der Waals surface area (Å²) in [5.74, 6) is 0.291. The van der Waals surface area contributed by atoms with E-state index in [1.807, 2.05) is 42.2 Å². The number of nitriles is 1. The van der Waals surface area contributed by atoms with Crippen LogP contribution in [0.2, 0.25) is 0 Å². The lowest BCUT2D eigenvalue weighted by Crippen LogP contribution is -2.38. The molecule has 0 atom stereocenters. The molecule has 1 fully saturated rings. The van der Waals surface area contributed by atoms with Crippen LogP contribution in [0, 0.1) is 11.3 Å². The predicted octanol–water partition coefficient (Wildman–Crippen LogP) is 3.51. The quantitative estimate of drug-likeness (QED) is 0.815. The van der Waals surface area contributed by atoms with Crippen molar-refractivity contribution in [2.45, 2.75) is 32.1 Å². The predicted molar refractivity (Wildman–Crippen MR) is 113 cm³/mol. The molecule has 3 rings (SSSR count). The summed E-state index contributed by atoms with van der Waals surface area (Å²) in [6, 6.07) is 15.0. The summed E-state index contributed by atoms with van der Waals surface area (Å²) in [7, 11) is -3.42. The number of rotatable bonds is 5. The third kappa shape index (κ3) is 5.15. The summed E-state index contributed by atoms with van der Waals surface area (Å²) in [5, 5.41) is 8.93. The fraction of sp³-hybridized carbons (Fsp3) is 0.364. The Morgan fingerprint density at radius 2 is 1.83 bits per heavy atom. The van der Waals surface area contributed by atoms with Gasteiger partial charge in [-0.05, 0) is 60.6 Å². The fourth-order valence-electron chi connectivity index (χ4n) is 3.74. The van der Waals surface area contributed by atoms with Gasteiger partial charge in [0.15, 0.2) is 0 Å². The van der Waals surface area contributed by atoms with Crippen LogP contribution in [0.15, 0.2) is 42.5 Å². The molecule has 0 saturated carbocycles. The highest BCUT2D eigenvalue weighted by atomic mass is 32.2. The van der Waals surface area contributed by atoms with Gasteiger partial charge in [-0.2, -0.15) is 5.26 Å². The molecule has 0 spiro atoms. The van der Waals surface area contributed by atoms with E-state index in [4.69, 9.17) is 5.26 Å². The lowest BCUT2D eigenvalue weighted by atomic mass is 9.89. The van der Waals surface area contributed by atoms with Crippen molar-refractivity contribution in [2.75, 3.05) is 24.1 Å². The number of carbonyl (C=O) groups is 1. The second-order valence-corrected chi connectivity index (χ2v) is 9.15. The van der Waals surface area contributed by atoms with Crippen molar-refractivity contribution >= 4 is 21.6 Å². The van der Waals surface area contributed by atoms with Crippen LogP contribution in [0.5, 0.6) is 0 Å². The summed E-state index contributed by atoms with van der Waals surface area (Å²) < 4.78 is 25.8. The first-order valence-corrected chi connectivity index (χ1v) is 11.6. The standard InChI is InChI=1S/C22H25N3O3S/c1-3-17-8-9-20(14-21(17)24-29(2,27)28)22(26)25-12-10-19(11-13-25)18-6-4-16(15-23)5-7-18/h4-9,14,19,24H,3,10-13H2,1-2H3. The van der Waals surface area contributed by atoms with Crippen LogP contribution in [-0.2, 0) is 16.4 Å². The number of sulfonamides is 1. The van der Waals surface area contributed by atoms with Crippen LogP contribution in [0.4, 0.5) is 5.69 Å². The first-order valence-electron chi connectivity index (χ1n) is 9.70. The van der Waals surface area contributed by atoms with Crippen molar-refractivity contribution in [1.29, 1.82) is 5.26 Å². The monoisotopic (exact) mass is 411 g/mol. The molecule has 0 radical (unpaired) electrons. The lowest BCUT2D eigenvalue weighted by molar-refractivity contribution is 0.0713. The Morgan fingerprint density at radius 3 is 2.38 bits per heavy atom. The van der Waals surface area contributed by atoms with Crippen molar-refractivity contribution < 1.29 is 13.2 Å². The number of likely N-dealkylation sites (tertiary alicyclic amines) is 1. The Bertz CT molecular complexity index is 1030. The van der Waals surface area contributed by atoms with E-state index < -0.39 is 10.0 Å². The molecule has 2 aromatic carbocycles. The van der Waals surface area contributed by atoms with E-state index in [-0.39, 0.29) is 5.91 Å². The molecular formula is C22H25N3O3S. The third-order valence-electron chi connectivity index (χ3n) is 5.33. The zero-order valence-corrected chi connectivity index (χ0v) is 17.5. The second-order valence-electron chi connectivity index (χ2n) is 7.40. The molecule has 1 saturated heterocycles.